The summed E-state index contributed by atoms with van der Waals surface area (Å²) in [5.74, 6) is -0.0333. The number of piperazine rings is 1. The van der Waals surface area contributed by atoms with E-state index in [4.69, 9.17) is 4.74 Å². The summed E-state index contributed by atoms with van der Waals surface area (Å²) in [5.41, 5.74) is -1.06. The van der Waals surface area contributed by atoms with Gasteiger partial charge in [-0.25, -0.2) is 0 Å². The molecule has 0 aromatic heterocycles. The zero-order valence-corrected chi connectivity index (χ0v) is 14.3. The van der Waals surface area contributed by atoms with Crippen LogP contribution < -0.4 is 5.32 Å². The SMILES string of the molecule is CCOCCN1C(=O)C(CC)(CC)NC(=O)C1C(C)(C)C. The molecule has 0 aromatic carbocycles. The molecule has 1 atom stereocenters. The van der Waals surface area contributed by atoms with Crippen LogP contribution >= 0.6 is 0 Å². The van der Waals surface area contributed by atoms with Crippen molar-refractivity contribution in [2.75, 3.05) is 19.8 Å². The van der Waals surface area contributed by atoms with Gasteiger partial charge in [-0.15, -0.1) is 0 Å². The first-order valence-electron chi connectivity index (χ1n) is 7.94. The zero-order chi connectivity index (χ0) is 16.3. The first-order chi connectivity index (χ1) is 9.73. The monoisotopic (exact) mass is 298 g/mol. The lowest BCUT2D eigenvalue weighted by atomic mass is 9.79. The van der Waals surface area contributed by atoms with E-state index in [9.17, 15) is 9.59 Å². The first kappa shape index (κ1) is 18.0. The molecule has 1 fully saturated rings. The van der Waals surface area contributed by atoms with Gasteiger partial charge >= 0.3 is 0 Å². The molecule has 1 aliphatic heterocycles. The van der Waals surface area contributed by atoms with Crippen molar-refractivity contribution < 1.29 is 14.3 Å². The maximum Gasteiger partial charge on any atom is 0.249 e. The molecule has 0 aliphatic carbocycles. The summed E-state index contributed by atoms with van der Waals surface area (Å²) in [6.07, 6.45) is 1.21. The van der Waals surface area contributed by atoms with E-state index >= 15 is 0 Å². The number of hydrogen-bond acceptors (Lipinski definition) is 3. The van der Waals surface area contributed by atoms with Gasteiger partial charge in [-0.3, -0.25) is 9.59 Å². The largest absolute Gasteiger partial charge is 0.380 e. The van der Waals surface area contributed by atoms with Crippen molar-refractivity contribution in [1.29, 1.82) is 0 Å². The Labute approximate surface area is 128 Å². The molecule has 1 unspecified atom stereocenters. The molecule has 1 rings (SSSR count). The first-order valence-corrected chi connectivity index (χ1v) is 7.94. The molecule has 1 heterocycles. The molecular formula is C16H30N2O3. The van der Waals surface area contributed by atoms with E-state index < -0.39 is 11.6 Å². The summed E-state index contributed by atoms with van der Waals surface area (Å²) in [6.45, 7) is 13.3. The summed E-state index contributed by atoms with van der Waals surface area (Å²) >= 11 is 0. The lowest BCUT2D eigenvalue weighted by Crippen LogP contribution is -2.72. The molecule has 21 heavy (non-hydrogen) atoms. The molecule has 1 N–H and O–H groups in total. The third-order valence-corrected chi connectivity index (χ3v) is 4.30. The van der Waals surface area contributed by atoms with E-state index in [-0.39, 0.29) is 17.2 Å². The van der Waals surface area contributed by atoms with Crippen LogP contribution in [0, 0.1) is 5.41 Å². The van der Waals surface area contributed by atoms with Gasteiger partial charge in [0, 0.05) is 13.2 Å². The van der Waals surface area contributed by atoms with Crippen LogP contribution in [0.15, 0.2) is 0 Å². The Balaban J connectivity index is 3.11. The molecule has 122 valence electrons. The molecule has 1 saturated heterocycles. The lowest BCUT2D eigenvalue weighted by molar-refractivity contribution is -0.160. The third-order valence-electron chi connectivity index (χ3n) is 4.30. The fourth-order valence-electron chi connectivity index (χ4n) is 3.02. The van der Waals surface area contributed by atoms with Crippen molar-refractivity contribution in [3.63, 3.8) is 0 Å². The Morgan fingerprint density at radius 1 is 1.19 bits per heavy atom. The lowest BCUT2D eigenvalue weighted by Gasteiger charge is -2.49. The summed E-state index contributed by atoms with van der Waals surface area (Å²) in [5, 5.41) is 2.99. The van der Waals surface area contributed by atoms with Crippen molar-refractivity contribution in [1.82, 2.24) is 10.2 Å². The Morgan fingerprint density at radius 3 is 2.19 bits per heavy atom. The highest BCUT2D eigenvalue weighted by molar-refractivity contribution is 6.00. The standard InChI is InChI=1S/C16H30N2O3/c1-7-16(8-2)14(20)18(10-11-21-9-3)12(13(19)17-16)15(4,5)6/h12H,7-11H2,1-6H3,(H,17,19). The molecule has 0 saturated carbocycles. The van der Waals surface area contributed by atoms with Crippen LogP contribution in [0.1, 0.15) is 54.4 Å². The van der Waals surface area contributed by atoms with Gasteiger partial charge in [-0.05, 0) is 25.2 Å². The minimum absolute atomic E-state index is 0.0201. The highest BCUT2D eigenvalue weighted by atomic mass is 16.5. The average molecular weight is 298 g/mol. The van der Waals surface area contributed by atoms with Crippen molar-refractivity contribution >= 4 is 11.8 Å². The number of rotatable bonds is 6. The topological polar surface area (TPSA) is 58.6 Å². The van der Waals surface area contributed by atoms with Crippen molar-refractivity contribution in [3.05, 3.63) is 0 Å². The number of nitrogens with one attached hydrogen (secondary N) is 1. The second-order valence-electron chi connectivity index (χ2n) is 6.74. The normalized spacial score (nSPS) is 22.4. The van der Waals surface area contributed by atoms with Gasteiger partial charge in [0.05, 0.1) is 6.61 Å². The molecule has 1 aliphatic rings. The minimum Gasteiger partial charge on any atom is -0.380 e. The maximum absolute atomic E-state index is 13.0. The van der Waals surface area contributed by atoms with E-state index in [1.807, 2.05) is 41.5 Å². The van der Waals surface area contributed by atoms with E-state index in [1.54, 1.807) is 4.90 Å². The molecule has 5 nitrogen and oxygen atoms in total. The van der Waals surface area contributed by atoms with Gasteiger partial charge in [0.15, 0.2) is 0 Å². The predicted molar refractivity (Wildman–Crippen MR) is 82.9 cm³/mol. The summed E-state index contributed by atoms with van der Waals surface area (Å²) in [4.78, 5) is 27.3. The highest BCUT2D eigenvalue weighted by Crippen LogP contribution is 2.32. The van der Waals surface area contributed by atoms with Gasteiger partial charge in [0.2, 0.25) is 11.8 Å². The second-order valence-corrected chi connectivity index (χ2v) is 6.74. The van der Waals surface area contributed by atoms with E-state index in [0.29, 0.717) is 32.6 Å². The average Bonchev–Trinajstić information content (AvgIpc) is 2.41. The Morgan fingerprint density at radius 2 is 1.76 bits per heavy atom. The van der Waals surface area contributed by atoms with Gasteiger partial charge in [-0.2, -0.15) is 0 Å². The molecular weight excluding hydrogens is 268 g/mol. The summed E-state index contributed by atoms with van der Waals surface area (Å²) in [6, 6.07) is -0.448. The molecule has 5 heteroatoms. The predicted octanol–water partition coefficient (Wildman–Crippen LogP) is 1.95. The Hall–Kier alpha value is -1.10. The number of amides is 2. The molecule has 2 amide bonds. The van der Waals surface area contributed by atoms with Crippen LogP contribution in [0.4, 0.5) is 0 Å². The van der Waals surface area contributed by atoms with E-state index in [0.717, 1.165) is 0 Å². The van der Waals surface area contributed by atoms with Crippen molar-refractivity contribution in [2.24, 2.45) is 5.41 Å². The van der Waals surface area contributed by atoms with Crippen LogP contribution in [0.5, 0.6) is 0 Å². The number of carbonyl (C=O) groups is 2. The Bertz CT molecular complexity index is 383. The molecule has 0 spiro atoms. The van der Waals surface area contributed by atoms with Crippen molar-refractivity contribution in [3.8, 4) is 0 Å². The highest BCUT2D eigenvalue weighted by Gasteiger charge is 2.51. The molecule has 0 bridgehead atoms. The molecule has 0 aromatic rings. The Kier molecular flexibility index (Phi) is 5.79. The molecule has 0 radical (unpaired) electrons. The van der Waals surface area contributed by atoms with Crippen molar-refractivity contribution in [2.45, 2.75) is 66.0 Å². The minimum atomic E-state index is -0.759. The van der Waals surface area contributed by atoms with Gasteiger partial charge < -0.3 is 15.0 Å². The van der Waals surface area contributed by atoms with Gasteiger partial charge in [0.25, 0.3) is 0 Å². The van der Waals surface area contributed by atoms with Crippen LogP contribution in [-0.2, 0) is 14.3 Å². The van der Waals surface area contributed by atoms with Crippen LogP contribution in [0.25, 0.3) is 0 Å². The van der Waals surface area contributed by atoms with Crippen LogP contribution in [0.2, 0.25) is 0 Å². The number of carbonyl (C=O) groups excluding carboxylic acids is 2. The third kappa shape index (κ3) is 3.57. The summed E-state index contributed by atoms with van der Waals surface area (Å²) < 4.78 is 5.39. The smallest absolute Gasteiger partial charge is 0.249 e. The van der Waals surface area contributed by atoms with E-state index in [1.165, 1.54) is 0 Å². The fraction of sp³-hybridized carbons (Fsp3) is 0.875. The quantitative estimate of drug-likeness (QED) is 0.763. The second kappa shape index (κ2) is 6.77. The number of hydrogen-bond donors (Lipinski definition) is 1. The van der Waals surface area contributed by atoms with Gasteiger partial charge in [-0.1, -0.05) is 34.6 Å². The zero-order valence-electron chi connectivity index (χ0n) is 14.3. The van der Waals surface area contributed by atoms with Crippen LogP contribution in [-0.4, -0.2) is 48.1 Å². The number of ether oxygens (including phenoxy) is 1. The number of nitrogens with zero attached hydrogens (tertiary/aromatic N) is 1. The fourth-order valence-corrected chi connectivity index (χ4v) is 3.02. The maximum atomic E-state index is 13.0. The van der Waals surface area contributed by atoms with E-state index in [2.05, 4.69) is 5.32 Å². The van der Waals surface area contributed by atoms with Gasteiger partial charge in [0.1, 0.15) is 11.6 Å². The summed E-state index contributed by atoms with van der Waals surface area (Å²) in [7, 11) is 0. The van der Waals surface area contributed by atoms with Crippen LogP contribution in [0.3, 0.4) is 0 Å².